The molecule has 0 saturated heterocycles. The van der Waals surface area contributed by atoms with Crippen LogP contribution in [-0.2, 0) is 5.41 Å². The van der Waals surface area contributed by atoms with Crippen LogP contribution in [0.5, 0.6) is 0 Å². The van der Waals surface area contributed by atoms with Gasteiger partial charge in [-0.2, -0.15) is 0 Å². The van der Waals surface area contributed by atoms with E-state index < -0.39 is 0 Å². The average molecular weight is 296 g/mol. The molecule has 0 heterocycles. The highest BCUT2D eigenvalue weighted by Gasteiger charge is 2.21. The van der Waals surface area contributed by atoms with E-state index in [2.05, 4.69) is 33.0 Å². The standard InChI is InChI=1S/C17H26ClNO/c1-5-13(10-11-18)12-19-16(20)14-8-6-7-9-15(14)17(2,3)4/h6-9,13H,5,10-12H2,1-4H3,(H,19,20). The van der Waals surface area contributed by atoms with Crippen LogP contribution in [-0.4, -0.2) is 18.3 Å². The average Bonchev–Trinajstić information content (AvgIpc) is 2.42. The third kappa shape index (κ3) is 4.82. The fraction of sp³-hybridized carbons (Fsp3) is 0.588. The Hall–Kier alpha value is -1.02. The zero-order chi connectivity index (χ0) is 15.2. The van der Waals surface area contributed by atoms with Crippen LogP contribution >= 0.6 is 11.6 Å². The van der Waals surface area contributed by atoms with E-state index in [0.29, 0.717) is 18.3 Å². The molecular formula is C17H26ClNO. The summed E-state index contributed by atoms with van der Waals surface area (Å²) < 4.78 is 0. The maximum absolute atomic E-state index is 12.4. The lowest BCUT2D eigenvalue weighted by Crippen LogP contribution is -2.31. The molecule has 1 N–H and O–H groups in total. The van der Waals surface area contributed by atoms with Crippen LogP contribution in [0.1, 0.15) is 56.5 Å². The molecule has 20 heavy (non-hydrogen) atoms. The molecule has 112 valence electrons. The third-order valence-corrected chi connectivity index (χ3v) is 3.84. The zero-order valence-electron chi connectivity index (χ0n) is 13.0. The predicted octanol–water partition coefficient (Wildman–Crippen LogP) is 4.37. The summed E-state index contributed by atoms with van der Waals surface area (Å²) >= 11 is 5.78. The molecule has 0 radical (unpaired) electrons. The molecule has 0 aliphatic heterocycles. The molecular weight excluding hydrogens is 270 g/mol. The first-order chi connectivity index (χ1) is 9.40. The van der Waals surface area contributed by atoms with Gasteiger partial charge in [0.1, 0.15) is 0 Å². The molecule has 0 aliphatic rings. The van der Waals surface area contributed by atoms with Crippen molar-refractivity contribution in [1.82, 2.24) is 5.32 Å². The van der Waals surface area contributed by atoms with Crippen molar-refractivity contribution in [3.05, 3.63) is 35.4 Å². The summed E-state index contributed by atoms with van der Waals surface area (Å²) in [6, 6.07) is 7.84. The van der Waals surface area contributed by atoms with Crippen molar-refractivity contribution in [2.45, 2.75) is 46.0 Å². The Morgan fingerprint density at radius 2 is 1.95 bits per heavy atom. The van der Waals surface area contributed by atoms with Crippen molar-refractivity contribution in [2.75, 3.05) is 12.4 Å². The monoisotopic (exact) mass is 295 g/mol. The Kier molecular flexibility index (Phi) is 6.54. The van der Waals surface area contributed by atoms with Crippen molar-refractivity contribution in [3.63, 3.8) is 0 Å². The number of nitrogens with one attached hydrogen (secondary N) is 1. The molecule has 0 fully saturated rings. The summed E-state index contributed by atoms with van der Waals surface area (Å²) in [6.45, 7) is 9.21. The minimum Gasteiger partial charge on any atom is -0.352 e. The van der Waals surface area contributed by atoms with E-state index in [1.54, 1.807) is 0 Å². The van der Waals surface area contributed by atoms with Gasteiger partial charge in [-0.25, -0.2) is 0 Å². The smallest absolute Gasteiger partial charge is 0.251 e. The van der Waals surface area contributed by atoms with Crippen LogP contribution in [0.25, 0.3) is 0 Å². The zero-order valence-corrected chi connectivity index (χ0v) is 13.8. The molecule has 1 amide bonds. The number of hydrogen-bond donors (Lipinski definition) is 1. The van der Waals surface area contributed by atoms with Gasteiger partial charge in [0.05, 0.1) is 0 Å². The number of benzene rings is 1. The number of carbonyl (C=O) groups excluding carboxylic acids is 1. The van der Waals surface area contributed by atoms with Gasteiger partial charge >= 0.3 is 0 Å². The van der Waals surface area contributed by atoms with E-state index >= 15 is 0 Å². The summed E-state index contributed by atoms with van der Waals surface area (Å²) in [7, 11) is 0. The van der Waals surface area contributed by atoms with Crippen molar-refractivity contribution in [2.24, 2.45) is 5.92 Å². The molecule has 0 saturated carbocycles. The number of halogens is 1. The lowest BCUT2D eigenvalue weighted by Gasteiger charge is -2.23. The van der Waals surface area contributed by atoms with Gasteiger partial charge in [-0.05, 0) is 29.4 Å². The van der Waals surface area contributed by atoms with Crippen LogP contribution in [0.15, 0.2) is 24.3 Å². The van der Waals surface area contributed by atoms with E-state index in [0.717, 1.165) is 24.0 Å². The fourth-order valence-corrected chi connectivity index (χ4v) is 2.58. The largest absolute Gasteiger partial charge is 0.352 e. The molecule has 3 heteroatoms. The predicted molar refractivity (Wildman–Crippen MR) is 86.6 cm³/mol. The summed E-state index contributed by atoms with van der Waals surface area (Å²) in [6.07, 6.45) is 1.98. The highest BCUT2D eigenvalue weighted by atomic mass is 35.5. The molecule has 0 spiro atoms. The maximum Gasteiger partial charge on any atom is 0.251 e. The number of alkyl halides is 1. The Labute approximate surface area is 127 Å². The van der Waals surface area contributed by atoms with E-state index in [9.17, 15) is 4.79 Å². The second kappa shape index (κ2) is 7.68. The molecule has 1 unspecified atom stereocenters. The van der Waals surface area contributed by atoms with E-state index in [-0.39, 0.29) is 11.3 Å². The lowest BCUT2D eigenvalue weighted by atomic mass is 9.83. The minimum atomic E-state index is -0.0335. The first-order valence-electron chi connectivity index (χ1n) is 7.33. The van der Waals surface area contributed by atoms with Gasteiger partial charge in [0.25, 0.3) is 5.91 Å². The summed E-state index contributed by atoms with van der Waals surface area (Å²) in [5, 5.41) is 3.05. The van der Waals surface area contributed by atoms with Crippen LogP contribution < -0.4 is 5.32 Å². The highest BCUT2D eigenvalue weighted by molar-refractivity contribution is 6.17. The molecule has 1 rings (SSSR count). The van der Waals surface area contributed by atoms with Gasteiger partial charge in [0, 0.05) is 18.0 Å². The lowest BCUT2D eigenvalue weighted by molar-refractivity contribution is 0.0944. The van der Waals surface area contributed by atoms with E-state index in [1.165, 1.54) is 0 Å². The van der Waals surface area contributed by atoms with Crippen LogP contribution in [0.3, 0.4) is 0 Å². The van der Waals surface area contributed by atoms with Gasteiger partial charge < -0.3 is 5.32 Å². The van der Waals surface area contributed by atoms with Crippen LogP contribution in [0.4, 0.5) is 0 Å². The molecule has 1 aromatic rings. The SMILES string of the molecule is CCC(CCCl)CNC(=O)c1ccccc1C(C)(C)C. The quantitative estimate of drug-likeness (QED) is 0.776. The number of carbonyl (C=O) groups is 1. The topological polar surface area (TPSA) is 29.1 Å². The van der Waals surface area contributed by atoms with Crippen LogP contribution in [0.2, 0.25) is 0 Å². The van der Waals surface area contributed by atoms with Crippen molar-refractivity contribution in [3.8, 4) is 0 Å². The van der Waals surface area contributed by atoms with Crippen molar-refractivity contribution in [1.29, 1.82) is 0 Å². The number of rotatable bonds is 6. The van der Waals surface area contributed by atoms with Gasteiger partial charge in [-0.1, -0.05) is 52.3 Å². The molecule has 0 aliphatic carbocycles. The van der Waals surface area contributed by atoms with Gasteiger partial charge in [0.15, 0.2) is 0 Å². The highest BCUT2D eigenvalue weighted by Crippen LogP contribution is 2.25. The first-order valence-corrected chi connectivity index (χ1v) is 7.87. The summed E-state index contributed by atoms with van der Waals surface area (Å²) in [4.78, 5) is 12.4. The summed E-state index contributed by atoms with van der Waals surface area (Å²) in [5.74, 6) is 1.12. The first kappa shape index (κ1) is 17.0. The van der Waals surface area contributed by atoms with E-state index in [4.69, 9.17) is 11.6 Å². The molecule has 0 bridgehead atoms. The number of amides is 1. The number of hydrogen-bond acceptors (Lipinski definition) is 1. The Bertz CT molecular complexity index is 437. The Morgan fingerprint density at radius 1 is 1.30 bits per heavy atom. The van der Waals surface area contributed by atoms with Crippen LogP contribution in [0, 0.1) is 5.92 Å². The van der Waals surface area contributed by atoms with E-state index in [1.807, 2.05) is 24.3 Å². The van der Waals surface area contributed by atoms with Gasteiger partial charge in [0.2, 0.25) is 0 Å². The second-order valence-electron chi connectivity index (χ2n) is 6.26. The minimum absolute atomic E-state index is 0.0172. The summed E-state index contributed by atoms with van der Waals surface area (Å²) in [5.41, 5.74) is 1.83. The van der Waals surface area contributed by atoms with Crippen molar-refractivity contribution < 1.29 is 4.79 Å². The van der Waals surface area contributed by atoms with Crippen molar-refractivity contribution >= 4 is 17.5 Å². The Morgan fingerprint density at radius 3 is 2.50 bits per heavy atom. The van der Waals surface area contributed by atoms with Gasteiger partial charge in [-0.3, -0.25) is 4.79 Å². The molecule has 2 nitrogen and oxygen atoms in total. The maximum atomic E-state index is 12.4. The third-order valence-electron chi connectivity index (χ3n) is 3.63. The fourth-order valence-electron chi connectivity index (χ4n) is 2.27. The molecule has 1 aromatic carbocycles. The Balaban J connectivity index is 2.78. The molecule has 1 atom stereocenters. The second-order valence-corrected chi connectivity index (χ2v) is 6.64. The van der Waals surface area contributed by atoms with Gasteiger partial charge in [-0.15, -0.1) is 11.6 Å². The molecule has 0 aromatic heterocycles. The normalized spacial score (nSPS) is 13.1.